The van der Waals surface area contributed by atoms with E-state index in [0.717, 1.165) is 61.5 Å². The Morgan fingerprint density at radius 3 is 1.59 bits per heavy atom. The highest BCUT2D eigenvalue weighted by molar-refractivity contribution is 6.09. The van der Waals surface area contributed by atoms with Crippen LogP contribution in [0.1, 0.15) is 0 Å². The number of fused-ring (bicyclic) bond motifs is 5. The van der Waals surface area contributed by atoms with Crippen LogP contribution in [0.25, 0.3) is 55.3 Å². The quantitative estimate of drug-likeness (QED) is 0.203. The van der Waals surface area contributed by atoms with Crippen molar-refractivity contribution in [2.24, 2.45) is 0 Å². The summed E-state index contributed by atoms with van der Waals surface area (Å²) in [6.07, 6.45) is 0. The predicted molar refractivity (Wildman–Crippen MR) is 193 cm³/mol. The molecule has 0 saturated carbocycles. The summed E-state index contributed by atoms with van der Waals surface area (Å²) in [5.41, 5.74) is 14.6. The summed E-state index contributed by atoms with van der Waals surface area (Å²) < 4.78 is 6.37. The maximum Gasteiger partial charge on any atom is 0.143 e. The van der Waals surface area contributed by atoms with Crippen molar-refractivity contribution in [3.05, 3.63) is 164 Å². The van der Waals surface area contributed by atoms with E-state index in [-0.39, 0.29) is 0 Å². The highest BCUT2D eigenvalue weighted by Crippen LogP contribution is 2.52. The highest BCUT2D eigenvalue weighted by atomic mass is 16.3. The molecule has 0 radical (unpaired) electrons. The average Bonchev–Trinajstić information content (AvgIpc) is 3.52. The van der Waals surface area contributed by atoms with Gasteiger partial charge in [-0.05, 0) is 70.3 Å². The lowest BCUT2D eigenvalue weighted by Crippen LogP contribution is -2.24. The van der Waals surface area contributed by atoms with Gasteiger partial charge in [0.15, 0.2) is 0 Å². The zero-order valence-corrected chi connectivity index (χ0v) is 25.4. The second-order valence-corrected chi connectivity index (χ2v) is 11.9. The van der Waals surface area contributed by atoms with E-state index in [1.165, 1.54) is 22.3 Å². The normalized spacial score (nSPS) is 12.4. The second-order valence-electron chi connectivity index (χ2n) is 11.9. The van der Waals surface area contributed by atoms with Gasteiger partial charge in [-0.25, -0.2) is 0 Å². The van der Waals surface area contributed by atoms with Gasteiger partial charge in [-0.3, -0.25) is 0 Å². The van der Waals surface area contributed by atoms with Crippen LogP contribution in [0.5, 0.6) is 0 Å². The van der Waals surface area contributed by atoms with Crippen molar-refractivity contribution in [1.29, 1.82) is 0 Å². The van der Waals surface area contributed by atoms with Crippen molar-refractivity contribution in [2.45, 2.75) is 0 Å². The first-order chi connectivity index (χ1) is 22.7. The first-order valence-electron chi connectivity index (χ1n) is 15.7. The third kappa shape index (κ3) is 4.21. The van der Waals surface area contributed by atoms with Crippen molar-refractivity contribution in [1.82, 2.24) is 0 Å². The van der Waals surface area contributed by atoms with Gasteiger partial charge in [-0.15, -0.1) is 0 Å². The molecule has 7 aromatic carbocycles. The molecule has 0 unspecified atom stereocenters. The van der Waals surface area contributed by atoms with Crippen molar-refractivity contribution >= 4 is 50.4 Å². The van der Waals surface area contributed by atoms with Crippen LogP contribution >= 0.6 is 0 Å². The molecule has 1 aromatic heterocycles. The van der Waals surface area contributed by atoms with Gasteiger partial charge in [-0.1, -0.05) is 121 Å². The molecular weight excluding hydrogens is 560 g/mol. The standard InChI is InChI=1S/C43H30N2O/c1-44-40-27-32(29-11-4-2-5-12-29)21-25-38(40)45(39-26-22-33(28-41(39)44)30-13-6-3-7-14-30)34-23-19-31(20-24-34)35-16-10-17-37-36-15-8-9-18-42(36)46-43(35)37/h2-28H,1H3. The maximum atomic E-state index is 6.37. The number of hydrogen-bond acceptors (Lipinski definition) is 3. The Bertz CT molecular complexity index is 2280. The Hall–Kier alpha value is -6.06. The van der Waals surface area contributed by atoms with E-state index in [1.807, 2.05) is 12.1 Å². The van der Waals surface area contributed by atoms with Crippen molar-refractivity contribution in [3.63, 3.8) is 0 Å². The Labute approximate surface area is 268 Å². The van der Waals surface area contributed by atoms with Gasteiger partial charge in [-0.2, -0.15) is 0 Å². The fourth-order valence-corrected chi connectivity index (χ4v) is 6.88. The molecule has 3 nitrogen and oxygen atoms in total. The molecule has 8 aromatic rings. The summed E-state index contributed by atoms with van der Waals surface area (Å²) in [6.45, 7) is 0. The largest absolute Gasteiger partial charge is 0.455 e. The molecule has 0 saturated heterocycles. The molecule has 9 rings (SSSR count). The summed E-state index contributed by atoms with van der Waals surface area (Å²) >= 11 is 0. The van der Waals surface area contributed by atoms with E-state index in [9.17, 15) is 0 Å². The van der Waals surface area contributed by atoms with Gasteiger partial charge in [0.05, 0.1) is 22.7 Å². The Morgan fingerprint density at radius 1 is 0.413 bits per heavy atom. The predicted octanol–water partition coefficient (Wildman–Crippen LogP) is 12.1. The van der Waals surface area contributed by atoms with Crippen LogP contribution in [0, 0.1) is 0 Å². The van der Waals surface area contributed by atoms with Crippen molar-refractivity contribution in [2.75, 3.05) is 16.8 Å². The van der Waals surface area contributed by atoms with E-state index in [1.54, 1.807) is 0 Å². The average molecular weight is 591 g/mol. The minimum atomic E-state index is 0.914. The molecule has 1 aliphatic heterocycles. The summed E-state index contributed by atoms with van der Waals surface area (Å²) in [5.74, 6) is 0. The lowest BCUT2D eigenvalue weighted by atomic mass is 9.97. The number of furan rings is 1. The van der Waals surface area contributed by atoms with Gasteiger partial charge in [0.1, 0.15) is 11.2 Å². The monoisotopic (exact) mass is 590 g/mol. The molecule has 0 aliphatic carbocycles. The minimum Gasteiger partial charge on any atom is -0.455 e. The summed E-state index contributed by atoms with van der Waals surface area (Å²) in [6, 6.07) is 58.4. The van der Waals surface area contributed by atoms with Gasteiger partial charge in [0.2, 0.25) is 0 Å². The van der Waals surface area contributed by atoms with Gasteiger partial charge >= 0.3 is 0 Å². The van der Waals surface area contributed by atoms with E-state index in [2.05, 4.69) is 169 Å². The lowest BCUT2D eigenvalue weighted by Gasteiger charge is -2.39. The van der Waals surface area contributed by atoms with Gasteiger partial charge < -0.3 is 14.2 Å². The number of para-hydroxylation sites is 2. The summed E-state index contributed by atoms with van der Waals surface area (Å²) in [7, 11) is 2.18. The van der Waals surface area contributed by atoms with Crippen LogP contribution in [0.2, 0.25) is 0 Å². The van der Waals surface area contributed by atoms with E-state index in [4.69, 9.17) is 4.42 Å². The zero-order chi connectivity index (χ0) is 30.6. The van der Waals surface area contributed by atoms with E-state index >= 15 is 0 Å². The van der Waals surface area contributed by atoms with Crippen LogP contribution < -0.4 is 9.80 Å². The fourth-order valence-electron chi connectivity index (χ4n) is 6.88. The lowest BCUT2D eigenvalue weighted by molar-refractivity contribution is 0.670. The first-order valence-corrected chi connectivity index (χ1v) is 15.7. The van der Waals surface area contributed by atoms with Crippen molar-refractivity contribution < 1.29 is 4.42 Å². The third-order valence-corrected chi connectivity index (χ3v) is 9.21. The third-order valence-electron chi connectivity index (χ3n) is 9.21. The molecule has 1 aliphatic rings. The number of rotatable bonds is 4. The molecule has 0 N–H and O–H groups in total. The molecule has 0 atom stereocenters. The van der Waals surface area contributed by atoms with Gasteiger partial charge in [0, 0.05) is 29.1 Å². The van der Waals surface area contributed by atoms with Crippen LogP contribution in [0.4, 0.5) is 28.4 Å². The molecule has 0 amide bonds. The number of anilines is 5. The fraction of sp³-hybridized carbons (Fsp3) is 0.0233. The minimum absolute atomic E-state index is 0.914. The molecular formula is C43H30N2O. The van der Waals surface area contributed by atoms with E-state index < -0.39 is 0 Å². The zero-order valence-electron chi connectivity index (χ0n) is 25.4. The number of hydrogen-bond donors (Lipinski definition) is 0. The molecule has 0 spiro atoms. The van der Waals surface area contributed by atoms with Crippen LogP contribution in [-0.4, -0.2) is 7.05 Å². The summed E-state index contributed by atoms with van der Waals surface area (Å²) in [5, 5.41) is 2.29. The summed E-state index contributed by atoms with van der Waals surface area (Å²) in [4.78, 5) is 4.72. The topological polar surface area (TPSA) is 19.6 Å². The molecule has 46 heavy (non-hydrogen) atoms. The Kier molecular flexibility index (Phi) is 6.04. The molecule has 218 valence electrons. The number of benzene rings is 7. The van der Waals surface area contributed by atoms with Crippen molar-refractivity contribution in [3.8, 4) is 33.4 Å². The molecule has 0 bridgehead atoms. The van der Waals surface area contributed by atoms with Crippen LogP contribution in [0.3, 0.4) is 0 Å². The molecule has 2 heterocycles. The highest BCUT2D eigenvalue weighted by Gasteiger charge is 2.28. The number of nitrogens with zero attached hydrogens (tertiary/aromatic N) is 2. The Balaban J connectivity index is 1.18. The first kappa shape index (κ1) is 26.4. The van der Waals surface area contributed by atoms with Crippen LogP contribution in [0.15, 0.2) is 168 Å². The van der Waals surface area contributed by atoms with Gasteiger partial charge in [0.25, 0.3) is 0 Å². The van der Waals surface area contributed by atoms with E-state index in [0.29, 0.717) is 0 Å². The van der Waals surface area contributed by atoms with Crippen LogP contribution in [-0.2, 0) is 0 Å². The molecule has 0 fully saturated rings. The maximum absolute atomic E-state index is 6.37. The smallest absolute Gasteiger partial charge is 0.143 e. The molecule has 3 heteroatoms. The SMILES string of the molecule is CN1c2cc(-c3ccccc3)ccc2N(c2ccc(-c3cccc4c3oc3ccccc34)cc2)c2ccc(-c3ccccc3)cc21. The Morgan fingerprint density at radius 2 is 0.957 bits per heavy atom. The second kappa shape index (κ2) is 10.5.